The molecule has 1 atom stereocenters. The third-order valence-electron chi connectivity index (χ3n) is 3.46. The number of anilines is 1. The summed E-state index contributed by atoms with van der Waals surface area (Å²) < 4.78 is 6.86. The van der Waals surface area contributed by atoms with Crippen molar-refractivity contribution in [3.63, 3.8) is 0 Å². The van der Waals surface area contributed by atoms with Crippen molar-refractivity contribution in [2.24, 2.45) is 13.0 Å². The first-order chi connectivity index (χ1) is 9.01. The van der Waals surface area contributed by atoms with E-state index in [9.17, 15) is 4.79 Å². The van der Waals surface area contributed by atoms with Crippen LogP contribution in [-0.4, -0.2) is 22.4 Å². The number of ether oxygens (including phenoxy) is 1. The van der Waals surface area contributed by atoms with Crippen LogP contribution in [0.4, 0.5) is 5.69 Å². The van der Waals surface area contributed by atoms with Gasteiger partial charge in [0, 0.05) is 7.05 Å². The lowest BCUT2D eigenvalue weighted by atomic mass is 10.0. The average molecular weight is 267 g/mol. The lowest BCUT2D eigenvalue weighted by Crippen LogP contribution is -2.17. The molecule has 1 rings (SSSR count). The van der Waals surface area contributed by atoms with Crippen LogP contribution in [0.15, 0.2) is 0 Å². The summed E-state index contributed by atoms with van der Waals surface area (Å²) in [5.74, 6) is 0.0509. The predicted octanol–water partition coefficient (Wildman–Crippen LogP) is 2.68. The van der Waals surface area contributed by atoms with Crippen molar-refractivity contribution >= 4 is 11.7 Å². The maximum atomic E-state index is 12.0. The number of aryl methyl sites for hydroxylation is 2. The lowest BCUT2D eigenvalue weighted by Gasteiger charge is -2.14. The van der Waals surface area contributed by atoms with E-state index in [1.165, 1.54) is 11.1 Å². The van der Waals surface area contributed by atoms with Crippen LogP contribution in [0.2, 0.25) is 0 Å². The van der Waals surface area contributed by atoms with E-state index in [4.69, 9.17) is 10.5 Å². The van der Waals surface area contributed by atoms with E-state index in [0.717, 1.165) is 19.3 Å². The van der Waals surface area contributed by atoms with Gasteiger partial charge in [-0.1, -0.05) is 33.1 Å². The van der Waals surface area contributed by atoms with Crippen LogP contribution in [-0.2, 0) is 11.8 Å². The molecule has 1 aromatic rings. The summed E-state index contributed by atoms with van der Waals surface area (Å²) in [6.07, 6.45) is 4.45. The van der Waals surface area contributed by atoms with Gasteiger partial charge < -0.3 is 10.5 Å². The Balaban J connectivity index is 2.59. The molecule has 0 aliphatic rings. The minimum absolute atomic E-state index is 0.350. The number of hydrogen-bond donors (Lipinski definition) is 1. The van der Waals surface area contributed by atoms with E-state index < -0.39 is 0 Å². The second-order valence-electron chi connectivity index (χ2n) is 4.99. The van der Waals surface area contributed by atoms with Gasteiger partial charge in [0.1, 0.15) is 0 Å². The molecular weight excluding hydrogens is 242 g/mol. The van der Waals surface area contributed by atoms with E-state index in [2.05, 4.69) is 18.9 Å². The first-order valence-corrected chi connectivity index (χ1v) is 6.97. The summed E-state index contributed by atoms with van der Waals surface area (Å²) in [5.41, 5.74) is 7.26. The Morgan fingerprint density at radius 1 is 1.47 bits per heavy atom. The first-order valence-electron chi connectivity index (χ1n) is 6.97. The molecule has 0 saturated carbocycles. The van der Waals surface area contributed by atoms with Crippen LogP contribution in [0.5, 0.6) is 0 Å². The van der Waals surface area contributed by atoms with Crippen molar-refractivity contribution in [1.82, 2.24) is 9.78 Å². The van der Waals surface area contributed by atoms with Crippen LogP contribution in [0.1, 0.15) is 55.7 Å². The molecule has 19 heavy (non-hydrogen) atoms. The summed E-state index contributed by atoms with van der Waals surface area (Å²) in [6.45, 7) is 6.52. The largest absolute Gasteiger partial charge is 0.461 e. The van der Waals surface area contributed by atoms with Crippen molar-refractivity contribution in [2.75, 3.05) is 12.3 Å². The number of aromatic nitrogens is 2. The monoisotopic (exact) mass is 267 g/mol. The highest BCUT2D eigenvalue weighted by atomic mass is 16.5. The van der Waals surface area contributed by atoms with Crippen LogP contribution in [0.25, 0.3) is 0 Å². The number of nitrogen functional groups attached to an aromatic ring is 1. The minimum Gasteiger partial charge on any atom is -0.461 e. The van der Waals surface area contributed by atoms with E-state index >= 15 is 0 Å². The van der Waals surface area contributed by atoms with Crippen LogP contribution < -0.4 is 5.73 Å². The predicted molar refractivity (Wildman–Crippen MR) is 75.9 cm³/mol. The molecule has 108 valence electrons. The third-order valence-corrected chi connectivity index (χ3v) is 3.46. The summed E-state index contributed by atoms with van der Waals surface area (Å²) in [6, 6.07) is 0. The average Bonchev–Trinajstić information content (AvgIpc) is 2.63. The molecule has 0 aliphatic carbocycles. The molecule has 0 fully saturated rings. The molecule has 0 aromatic carbocycles. The molecule has 0 aliphatic heterocycles. The summed E-state index contributed by atoms with van der Waals surface area (Å²) in [7, 11) is 1.70. The van der Waals surface area contributed by atoms with Crippen molar-refractivity contribution in [1.29, 1.82) is 0 Å². The first kappa shape index (κ1) is 15.5. The van der Waals surface area contributed by atoms with Gasteiger partial charge in [0.05, 0.1) is 18.0 Å². The third kappa shape index (κ3) is 3.98. The molecule has 0 spiro atoms. The van der Waals surface area contributed by atoms with Crippen LogP contribution >= 0.6 is 0 Å². The van der Waals surface area contributed by atoms with Gasteiger partial charge in [-0.25, -0.2) is 4.79 Å². The molecule has 5 heteroatoms. The number of carbonyl (C=O) groups excluding carboxylic acids is 1. The molecule has 2 N–H and O–H groups in total. The number of nitrogens with two attached hydrogens (primary N) is 1. The lowest BCUT2D eigenvalue weighted by molar-refractivity contribution is 0.0417. The fourth-order valence-corrected chi connectivity index (χ4v) is 2.08. The van der Waals surface area contributed by atoms with Crippen molar-refractivity contribution in [3.05, 3.63) is 11.4 Å². The van der Waals surface area contributed by atoms with Gasteiger partial charge in [-0.15, -0.1) is 0 Å². The van der Waals surface area contributed by atoms with Crippen molar-refractivity contribution in [3.8, 4) is 0 Å². The number of hydrogen-bond acceptors (Lipinski definition) is 4. The number of esters is 1. The Kier molecular flexibility index (Phi) is 5.86. The van der Waals surface area contributed by atoms with Gasteiger partial charge in [-0.3, -0.25) is 4.68 Å². The highest BCUT2D eigenvalue weighted by Gasteiger charge is 2.20. The molecule has 1 heterocycles. The van der Waals surface area contributed by atoms with Gasteiger partial charge in [0.15, 0.2) is 5.69 Å². The molecule has 0 bridgehead atoms. The minimum atomic E-state index is -0.379. The molecule has 0 amide bonds. The summed E-state index contributed by atoms with van der Waals surface area (Å²) in [5, 5.41) is 4.12. The molecule has 5 nitrogen and oxygen atoms in total. The Morgan fingerprint density at radius 2 is 2.16 bits per heavy atom. The standard InChI is InChI=1S/C14H25N3O2/c1-5-7-8-11(6-2)9-19-14(18)13-12(15)10(3)16-17(13)4/h11H,5-9,15H2,1-4H3. The van der Waals surface area contributed by atoms with E-state index in [0.29, 0.717) is 29.6 Å². The summed E-state index contributed by atoms with van der Waals surface area (Å²) in [4.78, 5) is 12.0. The van der Waals surface area contributed by atoms with Gasteiger partial charge in [-0.05, 0) is 19.3 Å². The molecule has 0 saturated heterocycles. The zero-order valence-electron chi connectivity index (χ0n) is 12.4. The second kappa shape index (κ2) is 7.16. The van der Waals surface area contributed by atoms with Gasteiger partial charge in [-0.2, -0.15) is 5.10 Å². The highest BCUT2D eigenvalue weighted by molar-refractivity contribution is 5.93. The number of nitrogens with zero attached hydrogens (tertiary/aromatic N) is 2. The van der Waals surface area contributed by atoms with E-state index in [1.807, 2.05) is 0 Å². The maximum absolute atomic E-state index is 12.0. The smallest absolute Gasteiger partial charge is 0.358 e. The van der Waals surface area contributed by atoms with E-state index in [1.54, 1.807) is 14.0 Å². The van der Waals surface area contributed by atoms with Gasteiger partial charge >= 0.3 is 5.97 Å². The second-order valence-corrected chi connectivity index (χ2v) is 4.99. The Hall–Kier alpha value is -1.52. The quantitative estimate of drug-likeness (QED) is 0.771. The zero-order chi connectivity index (χ0) is 14.4. The molecule has 1 aromatic heterocycles. The zero-order valence-corrected chi connectivity index (χ0v) is 12.4. The fraction of sp³-hybridized carbons (Fsp3) is 0.714. The van der Waals surface area contributed by atoms with E-state index in [-0.39, 0.29) is 5.97 Å². The van der Waals surface area contributed by atoms with Gasteiger partial charge in [0.25, 0.3) is 0 Å². The summed E-state index contributed by atoms with van der Waals surface area (Å²) >= 11 is 0. The van der Waals surface area contributed by atoms with Gasteiger partial charge in [0.2, 0.25) is 0 Å². The maximum Gasteiger partial charge on any atom is 0.358 e. The number of carbonyl (C=O) groups is 1. The van der Waals surface area contributed by atoms with Crippen LogP contribution in [0, 0.1) is 12.8 Å². The number of unbranched alkanes of at least 4 members (excludes halogenated alkanes) is 1. The van der Waals surface area contributed by atoms with Crippen molar-refractivity contribution < 1.29 is 9.53 Å². The Morgan fingerprint density at radius 3 is 2.63 bits per heavy atom. The topological polar surface area (TPSA) is 70.1 Å². The molecule has 1 unspecified atom stereocenters. The molecular formula is C14H25N3O2. The SMILES string of the molecule is CCCCC(CC)COC(=O)c1c(N)c(C)nn1C. The van der Waals surface area contributed by atoms with Crippen molar-refractivity contribution in [2.45, 2.75) is 46.5 Å². The molecule has 0 radical (unpaired) electrons. The normalized spacial score (nSPS) is 12.4. The van der Waals surface area contributed by atoms with Crippen LogP contribution in [0.3, 0.4) is 0 Å². The number of rotatable bonds is 7. The Labute approximate surface area is 115 Å². The fourth-order valence-electron chi connectivity index (χ4n) is 2.08. The Bertz CT molecular complexity index is 427. The highest BCUT2D eigenvalue weighted by Crippen LogP contribution is 2.18.